The van der Waals surface area contributed by atoms with Gasteiger partial charge in [-0.05, 0) is 45.6 Å². The summed E-state index contributed by atoms with van der Waals surface area (Å²) in [4.78, 5) is 18.3. The molecule has 2 aromatic rings. The van der Waals surface area contributed by atoms with Crippen LogP contribution < -0.4 is 5.32 Å². The number of rotatable bonds is 6. The zero-order valence-electron chi connectivity index (χ0n) is 16.7. The van der Waals surface area contributed by atoms with Crippen LogP contribution in [-0.4, -0.2) is 48.4 Å². The Hall–Kier alpha value is -1.78. The number of sulfonamides is 1. The number of thiophene rings is 1. The second kappa shape index (κ2) is 8.16. The van der Waals surface area contributed by atoms with E-state index in [1.165, 1.54) is 22.1 Å². The minimum atomic E-state index is -3.69. The maximum atomic E-state index is 13.3. The van der Waals surface area contributed by atoms with Gasteiger partial charge in [0.1, 0.15) is 0 Å². The largest absolute Gasteiger partial charge is 0.356 e. The Morgan fingerprint density at radius 3 is 2.83 bits per heavy atom. The molecule has 10 heteroatoms. The first-order valence-electron chi connectivity index (χ1n) is 10.1. The van der Waals surface area contributed by atoms with E-state index in [-0.39, 0.29) is 23.3 Å². The average Bonchev–Trinajstić information content (AvgIpc) is 3.28. The molecule has 1 aliphatic carbocycles. The fourth-order valence-electron chi connectivity index (χ4n) is 3.82. The standard InChI is InChI=1S/C19H26N4O4S2/c1-3-20-18(24)14-8-5-9-23(11-14)29(25,26)16-10-15(28-12(16)2)17-21-19(27-22-17)13-6-4-7-13/h10,13-14H,3-9,11H2,1-2H3,(H,20,24)/t14-/m1/s1. The second-order valence-electron chi connectivity index (χ2n) is 7.71. The number of carbonyl (C=O) groups is 1. The Morgan fingerprint density at radius 2 is 2.14 bits per heavy atom. The SMILES string of the molecule is CCNC(=O)[C@@H]1CCCN(S(=O)(=O)c2cc(-c3noc(C4CCC4)n3)sc2C)C1. The molecule has 1 amide bonds. The molecule has 158 valence electrons. The van der Waals surface area contributed by atoms with Gasteiger partial charge in [-0.3, -0.25) is 4.79 Å². The normalized spacial score (nSPS) is 21.1. The molecule has 0 unspecified atom stereocenters. The third-order valence-corrected chi connectivity index (χ3v) is 8.88. The van der Waals surface area contributed by atoms with E-state index in [9.17, 15) is 13.2 Å². The van der Waals surface area contributed by atoms with E-state index in [1.807, 2.05) is 6.92 Å². The molecule has 3 heterocycles. The molecule has 1 N–H and O–H groups in total. The van der Waals surface area contributed by atoms with Crippen LogP contribution in [0.3, 0.4) is 0 Å². The van der Waals surface area contributed by atoms with Crippen LogP contribution in [0.25, 0.3) is 10.7 Å². The summed E-state index contributed by atoms with van der Waals surface area (Å²) in [5, 5.41) is 6.86. The van der Waals surface area contributed by atoms with Gasteiger partial charge in [0, 0.05) is 30.4 Å². The second-order valence-corrected chi connectivity index (χ2v) is 10.9. The highest BCUT2D eigenvalue weighted by Gasteiger charge is 2.35. The minimum absolute atomic E-state index is 0.0783. The third kappa shape index (κ3) is 3.97. The number of nitrogens with one attached hydrogen (secondary N) is 1. The topological polar surface area (TPSA) is 105 Å². The number of hydrogen-bond acceptors (Lipinski definition) is 7. The molecule has 0 bridgehead atoms. The molecule has 2 aliphatic rings. The summed E-state index contributed by atoms with van der Waals surface area (Å²) in [6.45, 7) is 4.84. The predicted molar refractivity (Wildman–Crippen MR) is 109 cm³/mol. The van der Waals surface area contributed by atoms with Crippen molar-refractivity contribution in [3.05, 3.63) is 16.8 Å². The molecule has 4 rings (SSSR count). The van der Waals surface area contributed by atoms with Crippen LogP contribution in [0.4, 0.5) is 0 Å². The van der Waals surface area contributed by atoms with Crippen LogP contribution in [0.2, 0.25) is 0 Å². The quantitative estimate of drug-likeness (QED) is 0.743. The molecule has 0 aromatic carbocycles. The fraction of sp³-hybridized carbons (Fsp3) is 0.632. The van der Waals surface area contributed by atoms with Crippen molar-refractivity contribution in [2.75, 3.05) is 19.6 Å². The predicted octanol–water partition coefficient (Wildman–Crippen LogP) is 2.91. The van der Waals surface area contributed by atoms with Crippen LogP contribution in [0.5, 0.6) is 0 Å². The monoisotopic (exact) mass is 438 g/mol. The summed E-state index contributed by atoms with van der Waals surface area (Å²) < 4.78 is 33.4. The van der Waals surface area contributed by atoms with Crippen molar-refractivity contribution in [2.45, 2.75) is 56.8 Å². The summed E-state index contributed by atoms with van der Waals surface area (Å²) in [6.07, 6.45) is 4.68. The van der Waals surface area contributed by atoms with E-state index in [1.54, 1.807) is 13.0 Å². The average molecular weight is 439 g/mol. The molecule has 29 heavy (non-hydrogen) atoms. The number of nitrogens with zero attached hydrogens (tertiary/aromatic N) is 3. The highest BCUT2D eigenvalue weighted by molar-refractivity contribution is 7.89. The first-order valence-corrected chi connectivity index (χ1v) is 12.4. The molecule has 1 atom stereocenters. The van der Waals surface area contributed by atoms with Crippen molar-refractivity contribution in [3.8, 4) is 10.7 Å². The number of hydrogen-bond donors (Lipinski definition) is 1. The number of amides is 1. The smallest absolute Gasteiger partial charge is 0.244 e. The van der Waals surface area contributed by atoms with Crippen LogP contribution in [0, 0.1) is 12.8 Å². The Labute approximate surface area is 174 Å². The lowest BCUT2D eigenvalue weighted by Crippen LogP contribution is -2.45. The third-order valence-electron chi connectivity index (χ3n) is 5.71. The van der Waals surface area contributed by atoms with E-state index in [0.717, 1.165) is 12.8 Å². The molecule has 1 saturated heterocycles. The van der Waals surface area contributed by atoms with Crippen LogP contribution in [0.1, 0.15) is 55.7 Å². The van der Waals surface area contributed by atoms with Gasteiger partial charge in [-0.1, -0.05) is 11.6 Å². The van der Waals surface area contributed by atoms with Gasteiger partial charge in [-0.25, -0.2) is 8.42 Å². The van der Waals surface area contributed by atoms with Crippen molar-refractivity contribution in [2.24, 2.45) is 5.92 Å². The van der Waals surface area contributed by atoms with E-state index in [4.69, 9.17) is 4.52 Å². The van der Waals surface area contributed by atoms with Gasteiger partial charge in [-0.2, -0.15) is 9.29 Å². The van der Waals surface area contributed by atoms with E-state index < -0.39 is 10.0 Å². The van der Waals surface area contributed by atoms with E-state index >= 15 is 0 Å². The molecule has 1 saturated carbocycles. The van der Waals surface area contributed by atoms with Crippen LogP contribution >= 0.6 is 11.3 Å². The van der Waals surface area contributed by atoms with Crippen molar-refractivity contribution in [3.63, 3.8) is 0 Å². The molecular formula is C19H26N4O4S2. The maximum Gasteiger partial charge on any atom is 0.244 e. The minimum Gasteiger partial charge on any atom is -0.356 e. The van der Waals surface area contributed by atoms with E-state index in [2.05, 4.69) is 15.5 Å². The summed E-state index contributed by atoms with van der Waals surface area (Å²) in [6, 6.07) is 1.64. The van der Waals surface area contributed by atoms with Crippen molar-refractivity contribution in [1.82, 2.24) is 19.8 Å². The molecule has 0 spiro atoms. The van der Waals surface area contributed by atoms with Gasteiger partial charge < -0.3 is 9.84 Å². The molecule has 2 fully saturated rings. The van der Waals surface area contributed by atoms with E-state index in [0.29, 0.717) is 53.3 Å². The molecule has 0 radical (unpaired) electrons. The lowest BCUT2D eigenvalue weighted by atomic mass is 9.85. The first kappa shape index (κ1) is 20.5. The highest BCUT2D eigenvalue weighted by Crippen LogP contribution is 2.38. The summed E-state index contributed by atoms with van der Waals surface area (Å²) >= 11 is 1.35. The Balaban J connectivity index is 1.55. The van der Waals surface area contributed by atoms with Gasteiger partial charge in [-0.15, -0.1) is 11.3 Å². The van der Waals surface area contributed by atoms with Gasteiger partial charge in [0.05, 0.1) is 15.7 Å². The number of aryl methyl sites for hydroxylation is 1. The zero-order valence-corrected chi connectivity index (χ0v) is 18.3. The van der Waals surface area contributed by atoms with Crippen molar-refractivity contribution >= 4 is 27.3 Å². The van der Waals surface area contributed by atoms with Gasteiger partial charge in [0.25, 0.3) is 0 Å². The summed E-state index contributed by atoms with van der Waals surface area (Å²) in [5.41, 5.74) is 0. The lowest BCUT2D eigenvalue weighted by molar-refractivity contribution is -0.125. The van der Waals surface area contributed by atoms with Crippen LogP contribution in [0.15, 0.2) is 15.5 Å². The maximum absolute atomic E-state index is 13.3. The Morgan fingerprint density at radius 1 is 1.34 bits per heavy atom. The molecule has 2 aromatic heterocycles. The highest BCUT2D eigenvalue weighted by atomic mass is 32.2. The summed E-state index contributed by atoms with van der Waals surface area (Å²) in [5.74, 6) is 1.03. The Bertz CT molecular complexity index is 994. The number of piperidine rings is 1. The Kier molecular flexibility index (Phi) is 5.76. The van der Waals surface area contributed by atoms with Crippen molar-refractivity contribution in [1.29, 1.82) is 0 Å². The van der Waals surface area contributed by atoms with Gasteiger partial charge >= 0.3 is 0 Å². The number of carbonyl (C=O) groups excluding carboxylic acids is 1. The van der Waals surface area contributed by atoms with Crippen LogP contribution in [-0.2, 0) is 14.8 Å². The molecular weight excluding hydrogens is 412 g/mol. The lowest BCUT2D eigenvalue weighted by Gasteiger charge is -2.31. The number of aromatic nitrogens is 2. The molecule has 1 aliphatic heterocycles. The van der Waals surface area contributed by atoms with Gasteiger partial charge in [0.15, 0.2) is 0 Å². The summed E-state index contributed by atoms with van der Waals surface area (Å²) in [7, 11) is -3.69. The zero-order chi connectivity index (χ0) is 20.6. The first-order chi connectivity index (χ1) is 13.9. The van der Waals surface area contributed by atoms with Gasteiger partial charge in [0.2, 0.25) is 27.6 Å². The molecule has 8 nitrogen and oxygen atoms in total. The fourth-order valence-corrected chi connectivity index (χ4v) is 6.83. The van der Waals surface area contributed by atoms with Crippen molar-refractivity contribution < 1.29 is 17.7 Å².